The Morgan fingerprint density at radius 1 is 0.812 bits per heavy atom. The number of amides is 6. The fraction of sp³-hybridized carbons (Fsp3) is 0.717. The number of aliphatic hydroxyl groups is 2. The number of ether oxygens (including phenoxy) is 2. The lowest BCUT2D eigenvalue weighted by molar-refractivity contribution is -0.146. The molecule has 0 heterocycles. The summed E-state index contributed by atoms with van der Waals surface area (Å²) in [6.45, 7) is 9.30. The third-order valence-electron chi connectivity index (χ3n) is 11.8. The predicted octanol–water partition coefficient (Wildman–Crippen LogP) is 3.16. The summed E-state index contributed by atoms with van der Waals surface area (Å²) in [4.78, 5) is 94.5. The highest BCUT2D eigenvalue weighted by Gasteiger charge is 2.39. The van der Waals surface area contributed by atoms with E-state index in [1.165, 1.54) is 18.9 Å². The second-order valence-electron chi connectivity index (χ2n) is 18.1. The molecule has 64 heavy (non-hydrogen) atoms. The van der Waals surface area contributed by atoms with Crippen molar-refractivity contribution in [2.45, 2.75) is 167 Å². The third-order valence-corrected chi connectivity index (χ3v) is 11.8. The number of carboxylic acids is 1. The van der Waals surface area contributed by atoms with Crippen LogP contribution in [-0.2, 0) is 44.8 Å². The minimum atomic E-state index is -1.64. The zero-order chi connectivity index (χ0) is 48.0. The Hall–Kier alpha value is -4.81. The number of likely N-dealkylation sites (N-methyl/N-ethyl adjacent to an activating group) is 1. The fourth-order valence-corrected chi connectivity index (χ4v) is 7.61. The van der Waals surface area contributed by atoms with Crippen molar-refractivity contribution in [3.8, 4) is 0 Å². The normalized spacial score (nSPS) is 16.5. The van der Waals surface area contributed by atoms with E-state index < -0.39 is 97.0 Å². The van der Waals surface area contributed by atoms with Gasteiger partial charge in [0, 0.05) is 14.2 Å². The Balaban J connectivity index is 2.31. The third kappa shape index (κ3) is 19.9. The number of nitrogens with zero attached hydrogens (tertiary/aromatic N) is 1. The van der Waals surface area contributed by atoms with Gasteiger partial charge in [0.25, 0.3) is 0 Å². The maximum absolute atomic E-state index is 14.4. The lowest BCUT2D eigenvalue weighted by atomic mass is 9.83. The number of nitrogens with one attached hydrogen (secondary N) is 5. The van der Waals surface area contributed by atoms with Crippen LogP contribution in [0.2, 0.25) is 0 Å². The van der Waals surface area contributed by atoms with Crippen LogP contribution < -0.4 is 26.6 Å². The second kappa shape index (κ2) is 28.2. The highest BCUT2D eigenvalue weighted by Crippen LogP contribution is 2.28. The van der Waals surface area contributed by atoms with E-state index in [1.807, 2.05) is 27.7 Å². The number of alkyl carbamates (subject to hydrolysis) is 1. The first-order chi connectivity index (χ1) is 30.2. The molecule has 7 atom stereocenters. The molecule has 18 nitrogen and oxygen atoms in total. The van der Waals surface area contributed by atoms with Crippen molar-refractivity contribution in [1.29, 1.82) is 0 Å². The molecule has 362 valence electrons. The number of unbranched alkanes of at least 4 members (excludes halogenated alkanes) is 3. The van der Waals surface area contributed by atoms with Gasteiger partial charge in [-0.25, -0.2) is 4.79 Å². The Bertz CT molecular complexity index is 1640. The second-order valence-corrected chi connectivity index (χ2v) is 18.1. The molecule has 0 aliphatic heterocycles. The van der Waals surface area contributed by atoms with Gasteiger partial charge in [-0.05, 0) is 70.3 Å². The molecule has 8 N–H and O–H groups in total. The quantitative estimate of drug-likeness (QED) is 0.0565. The van der Waals surface area contributed by atoms with Gasteiger partial charge in [-0.15, -0.1) is 0 Å². The zero-order valence-corrected chi connectivity index (χ0v) is 39.2. The lowest BCUT2D eigenvalue weighted by Crippen LogP contribution is -2.63. The van der Waals surface area contributed by atoms with Gasteiger partial charge in [0.2, 0.25) is 29.5 Å². The summed E-state index contributed by atoms with van der Waals surface area (Å²) >= 11 is 0. The average molecular weight is 905 g/mol. The molecule has 1 aliphatic rings. The first kappa shape index (κ1) is 55.3. The topological polar surface area (TPSA) is 262 Å². The minimum absolute atomic E-state index is 0.0494. The smallest absolute Gasteiger partial charge is 0.407 e. The molecule has 1 aromatic rings. The first-order valence-electron chi connectivity index (χ1n) is 22.7. The number of carbonyl (C=O) groups excluding carboxylic acids is 6. The van der Waals surface area contributed by atoms with Crippen molar-refractivity contribution in [3.05, 3.63) is 35.9 Å². The monoisotopic (exact) mass is 905 g/mol. The molecule has 1 fully saturated rings. The van der Waals surface area contributed by atoms with E-state index in [2.05, 4.69) is 26.6 Å². The van der Waals surface area contributed by atoms with Gasteiger partial charge >= 0.3 is 12.1 Å². The molecule has 0 saturated heterocycles. The molecule has 1 aliphatic carbocycles. The van der Waals surface area contributed by atoms with E-state index in [-0.39, 0.29) is 30.5 Å². The van der Waals surface area contributed by atoms with Crippen LogP contribution in [0.1, 0.15) is 124 Å². The van der Waals surface area contributed by atoms with Crippen LogP contribution in [-0.4, -0.2) is 131 Å². The van der Waals surface area contributed by atoms with Crippen molar-refractivity contribution in [2.75, 3.05) is 27.2 Å². The van der Waals surface area contributed by atoms with Gasteiger partial charge in [0.15, 0.2) is 0 Å². The van der Waals surface area contributed by atoms with Crippen LogP contribution in [0.4, 0.5) is 4.79 Å². The molecule has 0 spiro atoms. The molecule has 2 rings (SSSR count). The highest BCUT2D eigenvalue weighted by atomic mass is 16.5. The SMILES string of the molecule is COC(C)(C)CCCCCC[C@@H](O)[C@@H](C)C(=O)N(C)[C@@H](CC(C)C)C(=O)N[C@H](C(=O)N[C@@H](CNC(=O)OCc1ccccc1)C(=O)N[C@H](C(=O)NCC(=O)O)[C@H](C)O)C1CCCCC1. The Morgan fingerprint density at radius 2 is 1.45 bits per heavy atom. The summed E-state index contributed by atoms with van der Waals surface area (Å²) in [5.41, 5.74) is 0.495. The van der Waals surface area contributed by atoms with Gasteiger partial charge in [-0.3, -0.25) is 28.8 Å². The fourth-order valence-electron chi connectivity index (χ4n) is 7.61. The maximum Gasteiger partial charge on any atom is 0.407 e. The lowest BCUT2D eigenvalue weighted by Gasteiger charge is -2.35. The van der Waals surface area contributed by atoms with Crippen molar-refractivity contribution >= 4 is 41.6 Å². The van der Waals surface area contributed by atoms with Crippen molar-refractivity contribution in [1.82, 2.24) is 31.5 Å². The van der Waals surface area contributed by atoms with E-state index >= 15 is 0 Å². The van der Waals surface area contributed by atoms with E-state index in [9.17, 15) is 43.8 Å². The molecule has 0 aromatic heterocycles. The summed E-state index contributed by atoms with van der Waals surface area (Å²) < 4.78 is 10.8. The minimum Gasteiger partial charge on any atom is -0.480 e. The van der Waals surface area contributed by atoms with E-state index in [1.54, 1.807) is 44.4 Å². The van der Waals surface area contributed by atoms with Crippen LogP contribution >= 0.6 is 0 Å². The summed E-state index contributed by atoms with van der Waals surface area (Å²) in [7, 11) is 3.21. The van der Waals surface area contributed by atoms with Crippen LogP contribution in [0.25, 0.3) is 0 Å². The predicted molar refractivity (Wildman–Crippen MR) is 239 cm³/mol. The number of methoxy groups -OCH3 is 1. The first-order valence-corrected chi connectivity index (χ1v) is 22.7. The zero-order valence-electron chi connectivity index (χ0n) is 39.2. The Kier molecular flexibility index (Phi) is 24.4. The van der Waals surface area contributed by atoms with Gasteiger partial charge < -0.3 is 56.3 Å². The number of hydrogen-bond donors (Lipinski definition) is 8. The van der Waals surface area contributed by atoms with Crippen molar-refractivity contribution < 1.29 is 58.4 Å². The van der Waals surface area contributed by atoms with Crippen LogP contribution in [0.3, 0.4) is 0 Å². The standard InChI is InChI=1S/C46H76N6O12/c1-29(2)25-35(52(7)44(61)30(3)36(54)23-17-9-10-18-24-46(5,6)63-8)41(58)51-39(33-21-15-12-16-22-33)43(60)49-34(26-48-45(62)64-28-32-19-13-11-14-20-32)40(57)50-38(31(4)53)42(59)47-27-37(55)56/h11,13-14,19-20,29-31,33-36,38-39,53-54H,9-10,12,15-18,21-28H2,1-8H3,(H,47,59)(H,48,62)(H,49,60)(H,50,57)(H,51,58)(H,55,56)/t30-,31+,34+,35+,36-,38+,39+/m1/s1. The molecule has 0 bridgehead atoms. The molecule has 6 amide bonds. The van der Waals surface area contributed by atoms with E-state index in [4.69, 9.17) is 14.6 Å². The van der Waals surface area contributed by atoms with Gasteiger partial charge in [-0.1, -0.05) is 96.0 Å². The molecule has 0 unspecified atom stereocenters. The van der Waals surface area contributed by atoms with Crippen LogP contribution in [0.5, 0.6) is 0 Å². The number of rotatable bonds is 28. The maximum atomic E-state index is 14.4. The van der Waals surface area contributed by atoms with Gasteiger partial charge in [0.1, 0.15) is 37.3 Å². The largest absolute Gasteiger partial charge is 0.480 e. The van der Waals surface area contributed by atoms with Crippen molar-refractivity contribution in [2.24, 2.45) is 17.8 Å². The number of hydrogen-bond acceptors (Lipinski definition) is 11. The number of carboxylic acid groups (broad SMARTS) is 1. The van der Waals surface area contributed by atoms with Crippen molar-refractivity contribution in [3.63, 3.8) is 0 Å². The van der Waals surface area contributed by atoms with Gasteiger partial charge in [0.05, 0.1) is 30.3 Å². The number of benzene rings is 1. The number of carbonyl (C=O) groups is 7. The summed E-state index contributed by atoms with van der Waals surface area (Å²) in [6, 6.07) is 3.39. The average Bonchev–Trinajstić information content (AvgIpc) is 3.26. The van der Waals surface area contributed by atoms with E-state index in [0.29, 0.717) is 24.8 Å². The van der Waals surface area contributed by atoms with E-state index in [0.717, 1.165) is 51.4 Å². The van der Waals surface area contributed by atoms with Gasteiger partial charge in [-0.2, -0.15) is 0 Å². The molecule has 1 saturated carbocycles. The Labute approximate surface area is 378 Å². The summed E-state index contributed by atoms with van der Waals surface area (Å²) in [6.07, 6.45) is 5.39. The van der Waals surface area contributed by atoms with Crippen LogP contribution in [0, 0.1) is 17.8 Å². The molecule has 1 aromatic carbocycles. The molecule has 0 radical (unpaired) electrons. The number of aliphatic hydroxyl groups excluding tert-OH is 2. The highest BCUT2D eigenvalue weighted by molar-refractivity contribution is 5.96. The molecule has 18 heteroatoms. The molecular weight excluding hydrogens is 829 g/mol. The Morgan fingerprint density at radius 3 is 2.05 bits per heavy atom. The molecular formula is C46H76N6O12. The summed E-state index contributed by atoms with van der Waals surface area (Å²) in [5, 5.41) is 42.9. The van der Waals surface area contributed by atoms with Crippen LogP contribution in [0.15, 0.2) is 30.3 Å². The number of aliphatic carboxylic acids is 1. The summed E-state index contributed by atoms with van der Waals surface area (Å²) in [5.74, 6) is -6.37.